The molecule has 0 rings (SSSR count). The second-order valence-corrected chi connectivity index (χ2v) is 11.4. The van der Waals surface area contributed by atoms with Gasteiger partial charge in [-0.3, -0.25) is 4.90 Å². The first-order valence-corrected chi connectivity index (χ1v) is 17.9. The molecular weight excluding hydrogens is 713 g/mol. The summed E-state index contributed by atoms with van der Waals surface area (Å²) in [5, 5.41) is 47.2. The summed E-state index contributed by atoms with van der Waals surface area (Å²) in [7, 11) is 1.45. The van der Waals surface area contributed by atoms with Gasteiger partial charge in [-0.2, -0.15) is 5.01 Å². The van der Waals surface area contributed by atoms with Gasteiger partial charge in [-0.1, -0.05) is 13.3 Å². The molecule has 0 radical (unpaired) electrons. The Kier molecular flexibility index (Phi) is 43.2. The van der Waals surface area contributed by atoms with Crippen LogP contribution in [-0.4, -0.2) is 199 Å². The fourth-order valence-electron chi connectivity index (χ4n) is 4.08. The van der Waals surface area contributed by atoms with Crippen molar-refractivity contribution in [1.29, 1.82) is 0 Å². The van der Waals surface area contributed by atoms with Crippen molar-refractivity contribution in [2.75, 3.05) is 145 Å². The summed E-state index contributed by atoms with van der Waals surface area (Å²) in [5.41, 5.74) is 11.1. The molecular formula is C31H68N9NaO12. The number of carbonyl (C=O) groups excluding carboxylic acids is 2. The van der Waals surface area contributed by atoms with E-state index in [1.165, 1.54) is 7.05 Å². The van der Waals surface area contributed by atoms with Crippen LogP contribution in [0, 0.1) is 10.4 Å². The maximum Gasteiger partial charge on any atom is 1.00 e. The summed E-state index contributed by atoms with van der Waals surface area (Å²) in [6, 6.07) is 0. The number of unbranched alkanes of at least 4 members (excludes halogenated alkanes) is 1. The largest absolute Gasteiger partial charge is 1.00 e. The molecule has 310 valence electrons. The van der Waals surface area contributed by atoms with Crippen molar-refractivity contribution >= 4 is 12.2 Å². The standard InChI is InChI=1S/C16H35N3O5.C15H34N6O7.Na/c1-3-4-7-19(8-5-17)9-6-18-16(21)24-13-12-22-14-15(2)23-11-10-20;1-14(27-10-9-22)13-26-11-12-28-15(23)17-4-6-20(5-3-16)8-7-19(2)21(25)18-24;/h15,20H,3-14,17H2,1-2H3,(H,18,21);14,22,24H,3-13,16H2,1-2H3,(H,17,23);/q;;+1/p-1/b;21-18-;. The molecule has 0 aromatic carbocycles. The van der Waals surface area contributed by atoms with Crippen LogP contribution in [0.25, 0.3) is 0 Å². The first-order valence-electron chi connectivity index (χ1n) is 17.9. The fraction of sp³-hybridized carbons (Fsp3) is 0.935. The molecule has 0 bridgehead atoms. The molecule has 21 nitrogen and oxygen atoms in total. The van der Waals surface area contributed by atoms with Gasteiger partial charge in [0.05, 0.1) is 78.7 Å². The van der Waals surface area contributed by atoms with Gasteiger partial charge in [0.15, 0.2) is 0 Å². The molecule has 22 heteroatoms. The maximum absolute atomic E-state index is 11.6. The average molecular weight is 782 g/mol. The molecule has 2 unspecified atom stereocenters. The van der Waals surface area contributed by atoms with Crippen molar-refractivity contribution in [3.63, 3.8) is 0 Å². The van der Waals surface area contributed by atoms with Gasteiger partial charge in [0.2, 0.25) is 0 Å². The molecule has 0 fully saturated rings. The monoisotopic (exact) mass is 781 g/mol. The van der Waals surface area contributed by atoms with Gasteiger partial charge in [0.1, 0.15) is 13.2 Å². The van der Waals surface area contributed by atoms with E-state index in [4.69, 9.17) is 50.1 Å². The minimum Gasteiger partial charge on any atom is -0.737 e. The summed E-state index contributed by atoms with van der Waals surface area (Å²) < 4.78 is 31.1. The number of carbonyl (C=O) groups is 2. The van der Waals surface area contributed by atoms with Crippen molar-refractivity contribution in [2.24, 2.45) is 16.7 Å². The van der Waals surface area contributed by atoms with Crippen molar-refractivity contribution in [1.82, 2.24) is 25.4 Å². The maximum atomic E-state index is 11.6. The van der Waals surface area contributed by atoms with Gasteiger partial charge in [0, 0.05) is 63.9 Å². The number of hydrogen-bond donors (Lipinski definition) is 6. The van der Waals surface area contributed by atoms with E-state index in [-0.39, 0.29) is 92.9 Å². The van der Waals surface area contributed by atoms with Crippen LogP contribution in [0.1, 0.15) is 33.6 Å². The molecule has 0 saturated heterocycles. The summed E-state index contributed by atoms with van der Waals surface area (Å²) in [5.74, 6) is 0. The van der Waals surface area contributed by atoms with E-state index in [1.807, 2.05) is 18.7 Å². The fourth-order valence-corrected chi connectivity index (χ4v) is 4.08. The quantitative estimate of drug-likeness (QED) is 0.0121. The minimum absolute atomic E-state index is 0. The van der Waals surface area contributed by atoms with Gasteiger partial charge >= 0.3 is 41.7 Å². The minimum atomic E-state index is -0.561. The van der Waals surface area contributed by atoms with Crippen molar-refractivity contribution < 1.29 is 82.8 Å². The first kappa shape index (κ1) is 55.5. The molecule has 0 aromatic rings. The molecule has 8 N–H and O–H groups in total. The Hall–Kier alpha value is -1.86. The summed E-state index contributed by atoms with van der Waals surface area (Å²) >= 11 is 0. The summed E-state index contributed by atoms with van der Waals surface area (Å²) in [4.78, 5) is 27.3. The molecule has 2 atom stereocenters. The van der Waals surface area contributed by atoms with Crippen LogP contribution >= 0.6 is 0 Å². The van der Waals surface area contributed by atoms with E-state index in [0.29, 0.717) is 72.2 Å². The number of ether oxygens (including phenoxy) is 6. The van der Waals surface area contributed by atoms with E-state index >= 15 is 0 Å². The van der Waals surface area contributed by atoms with Gasteiger partial charge in [-0.25, -0.2) is 9.59 Å². The van der Waals surface area contributed by atoms with Crippen molar-refractivity contribution in [3.8, 4) is 0 Å². The molecule has 53 heavy (non-hydrogen) atoms. The number of nitrogens with two attached hydrogens (primary N) is 2. The van der Waals surface area contributed by atoms with Crippen LogP contribution in [0.5, 0.6) is 0 Å². The molecule has 0 saturated carbocycles. The van der Waals surface area contributed by atoms with E-state index in [1.54, 1.807) is 0 Å². The number of likely N-dealkylation sites (N-methyl/N-ethyl adjacent to an activating group) is 1. The summed E-state index contributed by atoms with van der Waals surface area (Å²) in [6.07, 6.45) is 1.02. The summed E-state index contributed by atoms with van der Waals surface area (Å²) in [6.45, 7) is 14.3. The number of nitrogens with zero attached hydrogens (tertiary/aromatic N) is 5. The Bertz CT molecular complexity index is 862. The topological polar surface area (TPSA) is 277 Å². The second kappa shape index (κ2) is 41.3. The van der Waals surface area contributed by atoms with Crippen LogP contribution in [0.2, 0.25) is 0 Å². The Labute approximate surface area is 337 Å². The van der Waals surface area contributed by atoms with E-state index in [2.05, 4.69) is 27.7 Å². The number of aliphatic hydroxyl groups is 2. The Morgan fingerprint density at radius 3 is 1.60 bits per heavy atom. The molecule has 0 aliphatic heterocycles. The van der Waals surface area contributed by atoms with E-state index in [9.17, 15) is 20.0 Å². The SMILES string of the molecule is CC(COCCOC(=O)NCCN(CCN)CCN(C)/[N+]([O-])=N/[O-])OCCO.CCCCN(CCN)CCNC(=O)OCCOCC(C)OCCO.[Na+]. The third-order valence-electron chi connectivity index (χ3n) is 6.83. The third-order valence-corrected chi connectivity index (χ3v) is 6.83. The van der Waals surface area contributed by atoms with Crippen LogP contribution in [0.15, 0.2) is 5.28 Å². The number of aliphatic hydroxyl groups excluding tert-OH is 2. The molecule has 0 aromatic heterocycles. The number of rotatable bonds is 33. The van der Waals surface area contributed by atoms with Gasteiger partial charge < -0.3 is 76.0 Å². The van der Waals surface area contributed by atoms with Crippen molar-refractivity contribution in [3.05, 3.63) is 10.4 Å². The van der Waals surface area contributed by atoms with Crippen LogP contribution in [-0.2, 0) is 28.4 Å². The number of hydrogen-bond acceptors (Lipinski definition) is 17. The molecule has 0 aliphatic carbocycles. The van der Waals surface area contributed by atoms with Crippen LogP contribution < -0.4 is 51.7 Å². The van der Waals surface area contributed by atoms with Crippen molar-refractivity contribution in [2.45, 2.75) is 45.8 Å². The van der Waals surface area contributed by atoms with Gasteiger partial charge in [0.25, 0.3) is 0 Å². The van der Waals surface area contributed by atoms with Crippen LogP contribution in [0.3, 0.4) is 0 Å². The predicted octanol–water partition coefficient (Wildman–Crippen LogP) is -4.11. The smallest absolute Gasteiger partial charge is 0.737 e. The number of nitrogens with one attached hydrogen (secondary N) is 2. The van der Waals surface area contributed by atoms with Gasteiger partial charge in [-0.15, -0.1) is 0 Å². The average Bonchev–Trinajstić information content (AvgIpc) is 3.13. The molecule has 0 heterocycles. The number of hydrazine groups is 1. The second-order valence-electron chi connectivity index (χ2n) is 11.4. The Balaban J connectivity index is -0.000000937. The van der Waals surface area contributed by atoms with Crippen LogP contribution in [0.4, 0.5) is 9.59 Å². The normalized spacial score (nSPS) is 12.4. The zero-order valence-corrected chi connectivity index (χ0v) is 34.8. The molecule has 0 spiro atoms. The number of alkyl carbamates (subject to hydrolysis) is 2. The molecule has 2 amide bonds. The Morgan fingerprint density at radius 2 is 1.21 bits per heavy atom. The van der Waals surface area contributed by atoms with Gasteiger partial charge in [-0.05, 0) is 32.1 Å². The predicted molar refractivity (Wildman–Crippen MR) is 193 cm³/mol. The van der Waals surface area contributed by atoms with E-state index < -0.39 is 12.2 Å². The third kappa shape index (κ3) is 38.2. The zero-order valence-electron chi connectivity index (χ0n) is 32.8. The zero-order chi connectivity index (χ0) is 39.2. The number of amides is 2. The Morgan fingerprint density at radius 1 is 0.755 bits per heavy atom. The molecule has 0 aliphatic rings. The van der Waals surface area contributed by atoms with E-state index in [0.717, 1.165) is 37.5 Å². The first-order chi connectivity index (χ1) is 25.1.